The highest BCUT2D eigenvalue weighted by atomic mass is 16.4. The summed E-state index contributed by atoms with van der Waals surface area (Å²) < 4.78 is 0. The highest BCUT2D eigenvalue weighted by Gasteiger charge is 2.45. The molecule has 8 nitrogen and oxygen atoms in total. The second-order valence-corrected chi connectivity index (χ2v) is 5.88. The van der Waals surface area contributed by atoms with Gasteiger partial charge in [-0.3, -0.25) is 9.59 Å². The number of carboxylic acids is 1. The van der Waals surface area contributed by atoms with Crippen molar-refractivity contribution in [3.05, 3.63) is 48.2 Å². The number of benzene rings is 1. The van der Waals surface area contributed by atoms with Crippen LogP contribution in [0.4, 0.5) is 5.69 Å². The van der Waals surface area contributed by atoms with E-state index in [0.717, 1.165) is 6.07 Å². The number of carbonyl (C=O) groups excluding carboxylic acids is 2. The van der Waals surface area contributed by atoms with E-state index in [1.54, 1.807) is 36.3 Å². The predicted octanol–water partition coefficient (Wildman–Crippen LogP) is 1.50. The number of phenolic OH excluding ortho intramolecular Hbond substituents is 1. The molecule has 128 valence electrons. The van der Waals surface area contributed by atoms with Crippen molar-refractivity contribution < 1.29 is 24.6 Å². The Bertz CT molecular complexity index is 871. The van der Waals surface area contributed by atoms with Gasteiger partial charge in [0.1, 0.15) is 17.1 Å². The lowest BCUT2D eigenvalue weighted by Gasteiger charge is -2.41. The SMILES string of the molecule is CC1(C(=O)Nc2ccc(C(=O)O)cc2O)CC(=O)N=C2C=CC=CN21. The standard InChI is InChI=1S/C17H15N3O5/c1-17(9-14(22)19-13-4-2-3-7-20(13)17)16(25)18-11-6-5-10(15(23)24)8-12(11)21/h2-8,21H,9H2,1H3,(H,18,25)(H,23,24). The Hall–Kier alpha value is -3.42. The fourth-order valence-electron chi connectivity index (χ4n) is 2.71. The number of nitrogens with one attached hydrogen (secondary N) is 1. The minimum absolute atomic E-state index is 0.0595. The lowest BCUT2D eigenvalue weighted by atomic mass is 9.91. The molecule has 0 saturated heterocycles. The van der Waals surface area contributed by atoms with Gasteiger partial charge in [-0.2, -0.15) is 4.99 Å². The number of aliphatic imine (C=N–C) groups is 1. The van der Waals surface area contributed by atoms with E-state index in [2.05, 4.69) is 10.3 Å². The molecule has 1 aromatic carbocycles. The highest BCUT2D eigenvalue weighted by molar-refractivity contribution is 6.12. The third-order valence-corrected chi connectivity index (χ3v) is 4.09. The summed E-state index contributed by atoms with van der Waals surface area (Å²) in [5, 5.41) is 21.4. The van der Waals surface area contributed by atoms with Crippen LogP contribution in [0, 0.1) is 0 Å². The first-order valence-corrected chi connectivity index (χ1v) is 7.45. The molecule has 2 amide bonds. The first-order chi connectivity index (χ1) is 11.8. The van der Waals surface area contributed by atoms with E-state index >= 15 is 0 Å². The number of rotatable bonds is 3. The molecule has 8 heteroatoms. The zero-order chi connectivity index (χ0) is 18.2. The van der Waals surface area contributed by atoms with Crippen LogP contribution in [0.25, 0.3) is 0 Å². The number of aromatic carboxylic acids is 1. The summed E-state index contributed by atoms with van der Waals surface area (Å²) in [6.45, 7) is 1.60. The third kappa shape index (κ3) is 2.89. The third-order valence-electron chi connectivity index (χ3n) is 4.09. The molecule has 0 bridgehead atoms. The van der Waals surface area contributed by atoms with Crippen molar-refractivity contribution in [3.8, 4) is 5.75 Å². The number of anilines is 1. The Kier molecular flexibility index (Phi) is 3.88. The van der Waals surface area contributed by atoms with Crippen molar-refractivity contribution in [1.82, 2.24) is 4.90 Å². The fraction of sp³-hybridized carbons (Fsp3) is 0.176. The van der Waals surface area contributed by atoms with Crippen LogP contribution >= 0.6 is 0 Å². The van der Waals surface area contributed by atoms with Crippen LogP contribution in [0.2, 0.25) is 0 Å². The molecular formula is C17H15N3O5. The van der Waals surface area contributed by atoms with Gasteiger partial charge in [-0.05, 0) is 37.3 Å². The molecule has 0 saturated carbocycles. The average Bonchev–Trinajstić information content (AvgIpc) is 2.56. The van der Waals surface area contributed by atoms with Gasteiger partial charge in [0, 0.05) is 6.20 Å². The lowest BCUT2D eigenvalue weighted by Crippen LogP contribution is -2.58. The van der Waals surface area contributed by atoms with E-state index < -0.39 is 23.3 Å². The second kappa shape index (κ2) is 5.90. The Morgan fingerprint density at radius 3 is 2.76 bits per heavy atom. The molecular weight excluding hydrogens is 326 g/mol. The van der Waals surface area contributed by atoms with Gasteiger partial charge >= 0.3 is 5.97 Å². The van der Waals surface area contributed by atoms with Gasteiger partial charge < -0.3 is 20.4 Å². The molecule has 1 aromatic rings. The van der Waals surface area contributed by atoms with E-state index in [4.69, 9.17) is 5.11 Å². The maximum Gasteiger partial charge on any atom is 0.335 e. The van der Waals surface area contributed by atoms with Gasteiger partial charge in [-0.15, -0.1) is 0 Å². The summed E-state index contributed by atoms with van der Waals surface area (Å²) in [5.74, 6) is -2.14. The number of fused-ring (bicyclic) bond motifs is 1. The van der Waals surface area contributed by atoms with E-state index in [-0.39, 0.29) is 23.4 Å². The summed E-state index contributed by atoms with van der Waals surface area (Å²) in [5.41, 5.74) is -1.27. The highest BCUT2D eigenvalue weighted by Crippen LogP contribution is 2.31. The maximum atomic E-state index is 12.8. The van der Waals surface area contributed by atoms with Gasteiger partial charge in [-0.25, -0.2) is 4.79 Å². The summed E-state index contributed by atoms with van der Waals surface area (Å²) in [6, 6.07) is 3.61. The van der Waals surface area contributed by atoms with E-state index in [1.807, 2.05) is 0 Å². The maximum absolute atomic E-state index is 12.8. The second-order valence-electron chi connectivity index (χ2n) is 5.88. The number of hydrogen-bond donors (Lipinski definition) is 3. The van der Waals surface area contributed by atoms with Gasteiger partial charge in [0.05, 0.1) is 17.7 Å². The van der Waals surface area contributed by atoms with Crippen LogP contribution in [0.3, 0.4) is 0 Å². The van der Waals surface area contributed by atoms with E-state index in [0.29, 0.717) is 5.84 Å². The first-order valence-electron chi connectivity index (χ1n) is 7.45. The molecule has 1 unspecified atom stereocenters. The number of hydrogen-bond acceptors (Lipinski definition) is 5. The number of allylic oxidation sites excluding steroid dienone is 2. The molecule has 3 N–H and O–H groups in total. The van der Waals surface area contributed by atoms with Crippen LogP contribution < -0.4 is 5.32 Å². The van der Waals surface area contributed by atoms with Crippen molar-refractivity contribution in [2.45, 2.75) is 18.9 Å². The van der Waals surface area contributed by atoms with Crippen LogP contribution in [0.15, 0.2) is 47.6 Å². The van der Waals surface area contributed by atoms with E-state index in [1.165, 1.54) is 12.1 Å². The summed E-state index contributed by atoms with van der Waals surface area (Å²) in [4.78, 5) is 41.1. The Morgan fingerprint density at radius 2 is 2.08 bits per heavy atom. The number of amides is 2. The number of phenols is 1. The van der Waals surface area contributed by atoms with Crippen molar-refractivity contribution in [2.75, 3.05) is 5.32 Å². The molecule has 0 spiro atoms. The molecule has 3 rings (SSSR count). The molecule has 0 aliphatic carbocycles. The molecule has 1 atom stereocenters. The van der Waals surface area contributed by atoms with Crippen LogP contribution in [-0.4, -0.2) is 44.3 Å². The topological polar surface area (TPSA) is 119 Å². The fourth-order valence-corrected chi connectivity index (χ4v) is 2.71. The normalized spacial score (nSPS) is 21.6. The number of aromatic hydroxyl groups is 1. The summed E-state index contributed by atoms with van der Waals surface area (Å²) in [7, 11) is 0. The predicted molar refractivity (Wildman–Crippen MR) is 89.3 cm³/mol. The summed E-state index contributed by atoms with van der Waals surface area (Å²) >= 11 is 0. The molecule has 0 fully saturated rings. The smallest absolute Gasteiger partial charge is 0.335 e. The number of carboxylic acid groups (broad SMARTS) is 1. The Labute approximate surface area is 142 Å². The van der Waals surface area contributed by atoms with Crippen LogP contribution in [0.1, 0.15) is 23.7 Å². The molecule has 0 aromatic heterocycles. The minimum atomic E-state index is -1.23. The number of carbonyl (C=O) groups is 3. The van der Waals surface area contributed by atoms with Crippen molar-refractivity contribution >= 4 is 29.3 Å². The molecule has 25 heavy (non-hydrogen) atoms. The van der Waals surface area contributed by atoms with E-state index in [9.17, 15) is 19.5 Å². The number of amidine groups is 1. The van der Waals surface area contributed by atoms with Crippen LogP contribution in [-0.2, 0) is 9.59 Å². The Morgan fingerprint density at radius 1 is 1.32 bits per heavy atom. The number of nitrogens with zero attached hydrogens (tertiary/aromatic N) is 2. The van der Waals surface area contributed by atoms with Crippen LogP contribution in [0.5, 0.6) is 5.75 Å². The summed E-state index contributed by atoms with van der Waals surface area (Å²) in [6.07, 6.45) is 6.58. The quantitative estimate of drug-likeness (QED) is 0.717. The van der Waals surface area contributed by atoms with Gasteiger partial charge in [0.15, 0.2) is 0 Å². The molecule has 2 aliphatic rings. The molecule has 0 radical (unpaired) electrons. The van der Waals surface area contributed by atoms with Gasteiger partial charge in [-0.1, -0.05) is 6.08 Å². The van der Waals surface area contributed by atoms with Crippen molar-refractivity contribution in [3.63, 3.8) is 0 Å². The van der Waals surface area contributed by atoms with Gasteiger partial charge in [0.2, 0.25) is 0 Å². The zero-order valence-electron chi connectivity index (χ0n) is 13.3. The zero-order valence-corrected chi connectivity index (χ0v) is 13.3. The molecule has 2 aliphatic heterocycles. The average molecular weight is 341 g/mol. The largest absolute Gasteiger partial charge is 0.506 e. The minimum Gasteiger partial charge on any atom is -0.506 e. The Balaban J connectivity index is 1.89. The lowest BCUT2D eigenvalue weighted by molar-refractivity contribution is -0.130. The monoisotopic (exact) mass is 341 g/mol. The first kappa shape index (κ1) is 16.4. The van der Waals surface area contributed by atoms with Crippen molar-refractivity contribution in [2.24, 2.45) is 4.99 Å². The molecule has 2 heterocycles. The van der Waals surface area contributed by atoms with Crippen molar-refractivity contribution in [1.29, 1.82) is 0 Å². The van der Waals surface area contributed by atoms with Gasteiger partial charge in [0.25, 0.3) is 11.8 Å².